The molecular formula is C23H28FN3O3S. The number of benzene rings is 2. The van der Waals surface area contributed by atoms with Gasteiger partial charge in [-0.2, -0.15) is 0 Å². The van der Waals surface area contributed by atoms with Crippen molar-refractivity contribution in [2.45, 2.75) is 37.5 Å². The lowest BCUT2D eigenvalue weighted by Gasteiger charge is -2.28. The lowest BCUT2D eigenvalue weighted by Crippen LogP contribution is -2.37. The summed E-state index contributed by atoms with van der Waals surface area (Å²) in [4.78, 5) is 14.6. The number of carbonyl (C=O) groups excluding carboxylic acids is 1. The summed E-state index contributed by atoms with van der Waals surface area (Å²) < 4.78 is 40.5. The fraction of sp³-hybridized carbons (Fsp3) is 0.435. The van der Waals surface area contributed by atoms with Crippen LogP contribution in [0.15, 0.2) is 48.5 Å². The van der Waals surface area contributed by atoms with Crippen LogP contribution in [0.25, 0.3) is 0 Å². The Hall–Kier alpha value is -2.61. The van der Waals surface area contributed by atoms with Crippen LogP contribution in [0.2, 0.25) is 0 Å². The van der Waals surface area contributed by atoms with Gasteiger partial charge in [0.1, 0.15) is 11.6 Å². The summed E-state index contributed by atoms with van der Waals surface area (Å²) >= 11 is 0. The van der Waals surface area contributed by atoms with Gasteiger partial charge in [-0.3, -0.25) is 9.52 Å². The first-order valence-electron chi connectivity index (χ1n) is 10.7. The lowest BCUT2D eigenvalue weighted by atomic mass is 9.96. The Kier molecular flexibility index (Phi) is 6.18. The predicted octanol–water partition coefficient (Wildman–Crippen LogP) is 3.41. The number of sulfonamides is 1. The summed E-state index contributed by atoms with van der Waals surface area (Å²) in [6.45, 7) is 2.38. The van der Waals surface area contributed by atoms with E-state index in [1.54, 1.807) is 24.3 Å². The van der Waals surface area contributed by atoms with E-state index in [4.69, 9.17) is 0 Å². The molecule has 0 aromatic heterocycles. The van der Waals surface area contributed by atoms with E-state index in [0.29, 0.717) is 12.2 Å². The van der Waals surface area contributed by atoms with Crippen LogP contribution in [-0.4, -0.2) is 39.7 Å². The maximum Gasteiger partial charge on any atom is 0.241 e. The average Bonchev–Trinajstić information content (AvgIpc) is 3.54. The quantitative estimate of drug-likeness (QED) is 0.653. The number of amides is 1. The SMILES string of the molecule is O=C(CS(=O)(=O)Nc1ccc(N2CCCCC2)cc1)NCC1(c2ccc(F)cc2)CC1. The van der Waals surface area contributed by atoms with Crippen molar-refractivity contribution in [3.05, 3.63) is 59.9 Å². The maximum absolute atomic E-state index is 13.1. The molecule has 1 saturated heterocycles. The highest BCUT2D eigenvalue weighted by Gasteiger charge is 2.44. The third-order valence-electron chi connectivity index (χ3n) is 6.12. The van der Waals surface area contributed by atoms with Crippen molar-refractivity contribution in [1.29, 1.82) is 0 Å². The topological polar surface area (TPSA) is 78.5 Å². The summed E-state index contributed by atoms with van der Waals surface area (Å²) in [6.07, 6.45) is 5.36. The normalized spacial score (nSPS) is 17.8. The number of nitrogens with one attached hydrogen (secondary N) is 2. The van der Waals surface area contributed by atoms with Gasteiger partial charge in [0.25, 0.3) is 0 Å². The van der Waals surface area contributed by atoms with Crippen LogP contribution in [0.3, 0.4) is 0 Å². The monoisotopic (exact) mass is 445 g/mol. The zero-order valence-corrected chi connectivity index (χ0v) is 18.3. The molecule has 31 heavy (non-hydrogen) atoms. The molecule has 2 fully saturated rings. The van der Waals surface area contributed by atoms with Gasteiger partial charge >= 0.3 is 0 Å². The molecule has 0 spiro atoms. The number of carbonyl (C=O) groups is 1. The summed E-state index contributed by atoms with van der Waals surface area (Å²) in [6, 6.07) is 13.5. The van der Waals surface area contributed by atoms with Crippen LogP contribution in [0.4, 0.5) is 15.8 Å². The van der Waals surface area contributed by atoms with Crippen LogP contribution in [0.1, 0.15) is 37.7 Å². The van der Waals surface area contributed by atoms with Crippen molar-refractivity contribution in [1.82, 2.24) is 5.32 Å². The van der Waals surface area contributed by atoms with E-state index in [1.807, 2.05) is 12.1 Å². The van der Waals surface area contributed by atoms with Gasteiger partial charge in [-0.05, 0) is 74.1 Å². The second kappa shape index (κ2) is 8.86. The van der Waals surface area contributed by atoms with E-state index >= 15 is 0 Å². The van der Waals surface area contributed by atoms with Gasteiger partial charge < -0.3 is 10.2 Å². The number of nitrogens with zero attached hydrogens (tertiary/aromatic N) is 1. The number of halogens is 1. The van der Waals surface area contributed by atoms with E-state index in [-0.39, 0.29) is 11.2 Å². The smallest absolute Gasteiger partial charge is 0.241 e. The summed E-state index contributed by atoms with van der Waals surface area (Å²) in [7, 11) is -3.81. The molecule has 0 radical (unpaired) electrons. The minimum atomic E-state index is -3.81. The van der Waals surface area contributed by atoms with Crippen LogP contribution in [0.5, 0.6) is 0 Å². The van der Waals surface area contributed by atoms with Crippen LogP contribution >= 0.6 is 0 Å². The number of piperidine rings is 1. The van der Waals surface area contributed by atoms with E-state index in [2.05, 4.69) is 14.9 Å². The second-order valence-corrected chi connectivity index (χ2v) is 10.2. The third-order valence-corrected chi connectivity index (χ3v) is 7.31. The highest BCUT2D eigenvalue weighted by atomic mass is 32.2. The molecule has 0 atom stereocenters. The fourth-order valence-corrected chi connectivity index (χ4v) is 5.14. The van der Waals surface area contributed by atoms with Gasteiger partial charge in [-0.25, -0.2) is 12.8 Å². The number of hydrogen-bond donors (Lipinski definition) is 2. The van der Waals surface area contributed by atoms with Crippen molar-refractivity contribution < 1.29 is 17.6 Å². The molecule has 1 heterocycles. The van der Waals surface area contributed by atoms with Gasteiger partial charge in [0, 0.05) is 36.4 Å². The lowest BCUT2D eigenvalue weighted by molar-refractivity contribution is -0.118. The first-order valence-corrected chi connectivity index (χ1v) is 12.4. The zero-order chi connectivity index (χ0) is 21.9. The second-order valence-electron chi connectivity index (χ2n) is 8.52. The molecule has 0 bridgehead atoms. The predicted molar refractivity (Wildman–Crippen MR) is 120 cm³/mol. The Morgan fingerprint density at radius 3 is 2.23 bits per heavy atom. The molecule has 1 aliphatic heterocycles. The van der Waals surface area contributed by atoms with Gasteiger partial charge in [-0.15, -0.1) is 0 Å². The van der Waals surface area contributed by atoms with Crippen molar-refractivity contribution in [2.75, 3.05) is 35.0 Å². The molecule has 1 saturated carbocycles. The van der Waals surface area contributed by atoms with Gasteiger partial charge in [0.05, 0.1) is 0 Å². The first kappa shape index (κ1) is 21.6. The van der Waals surface area contributed by atoms with E-state index < -0.39 is 21.7 Å². The molecule has 1 aliphatic carbocycles. The summed E-state index contributed by atoms with van der Waals surface area (Å²) in [5.74, 6) is -1.49. The number of rotatable bonds is 8. The molecule has 166 valence electrons. The van der Waals surface area contributed by atoms with E-state index in [0.717, 1.165) is 37.2 Å². The third kappa shape index (κ3) is 5.55. The minimum absolute atomic E-state index is 0.217. The summed E-state index contributed by atoms with van der Waals surface area (Å²) in [5.41, 5.74) is 2.27. The first-order chi connectivity index (χ1) is 14.9. The molecule has 2 aliphatic rings. The molecule has 2 N–H and O–H groups in total. The Morgan fingerprint density at radius 1 is 0.968 bits per heavy atom. The number of anilines is 2. The molecule has 8 heteroatoms. The van der Waals surface area contributed by atoms with Gasteiger partial charge in [0.15, 0.2) is 0 Å². The highest BCUT2D eigenvalue weighted by Crippen LogP contribution is 2.47. The molecule has 2 aromatic rings. The molecular weight excluding hydrogens is 417 g/mol. The summed E-state index contributed by atoms with van der Waals surface area (Å²) in [5, 5.41) is 2.73. The maximum atomic E-state index is 13.1. The fourth-order valence-electron chi connectivity index (χ4n) is 4.12. The Bertz CT molecular complexity index is 1010. The van der Waals surface area contributed by atoms with Crippen molar-refractivity contribution in [3.8, 4) is 0 Å². The Morgan fingerprint density at radius 2 is 1.61 bits per heavy atom. The Balaban J connectivity index is 1.29. The molecule has 6 nitrogen and oxygen atoms in total. The van der Waals surface area contributed by atoms with Crippen molar-refractivity contribution in [2.24, 2.45) is 0 Å². The number of hydrogen-bond acceptors (Lipinski definition) is 4. The van der Waals surface area contributed by atoms with E-state index in [1.165, 1.54) is 31.4 Å². The van der Waals surface area contributed by atoms with E-state index in [9.17, 15) is 17.6 Å². The minimum Gasteiger partial charge on any atom is -0.372 e. The largest absolute Gasteiger partial charge is 0.372 e. The van der Waals surface area contributed by atoms with Gasteiger partial charge in [0.2, 0.25) is 15.9 Å². The van der Waals surface area contributed by atoms with Crippen LogP contribution in [0, 0.1) is 5.82 Å². The average molecular weight is 446 g/mol. The van der Waals surface area contributed by atoms with Crippen LogP contribution in [-0.2, 0) is 20.2 Å². The van der Waals surface area contributed by atoms with Crippen molar-refractivity contribution >= 4 is 27.3 Å². The van der Waals surface area contributed by atoms with Crippen molar-refractivity contribution in [3.63, 3.8) is 0 Å². The Labute approximate surface area is 182 Å². The zero-order valence-electron chi connectivity index (χ0n) is 17.4. The molecule has 2 aromatic carbocycles. The molecule has 0 unspecified atom stereocenters. The van der Waals surface area contributed by atoms with Gasteiger partial charge in [-0.1, -0.05) is 12.1 Å². The molecule has 1 amide bonds. The molecule has 4 rings (SSSR count). The highest BCUT2D eigenvalue weighted by molar-refractivity contribution is 7.93. The van der Waals surface area contributed by atoms with Crippen LogP contribution < -0.4 is 14.9 Å². The standard InChI is InChI=1S/C23H28FN3O3S/c24-19-6-4-18(5-7-19)23(12-13-23)17-25-22(28)16-31(29,30)26-20-8-10-21(11-9-20)27-14-2-1-3-15-27/h4-11,26H,1-3,12-17H2,(H,25,28).